The van der Waals surface area contributed by atoms with E-state index in [1.807, 2.05) is 0 Å². The first-order valence-electron chi connectivity index (χ1n) is 5.14. The number of halogens is 3. The van der Waals surface area contributed by atoms with E-state index in [0.717, 1.165) is 10.0 Å². The monoisotopic (exact) mass is 343 g/mol. The maximum absolute atomic E-state index is 12.0. The molecule has 2 aromatic rings. The van der Waals surface area contributed by atoms with Gasteiger partial charge >= 0.3 is 0 Å². The van der Waals surface area contributed by atoms with Gasteiger partial charge in [-0.1, -0.05) is 29.3 Å². The molecule has 2 rings (SSSR count). The van der Waals surface area contributed by atoms with E-state index in [1.54, 1.807) is 36.7 Å². The minimum absolute atomic E-state index is 0.0119. The molecule has 0 saturated carbocycles. The van der Waals surface area contributed by atoms with E-state index in [2.05, 4.69) is 20.9 Å². The molecule has 2 nitrogen and oxygen atoms in total. The first kappa shape index (κ1) is 13.5. The summed E-state index contributed by atoms with van der Waals surface area (Å²) in [7, 11) is 0. The van der Waals surface area contributed by atoms with Crippen LogP contribution in [0.2, 0.25) is 10.0 Å². The highest BCUT2D eigenvalue weighted by Crippen LogP contribution is 2.23. The second kappa shape index (κ2) is 5.83. The molecule has 0 amide bonds. The number of carbonyl (C=O) groups excluding carboxylic acids is 1. The van der Waals surface area contributed by atoms with Crippen LogP contribution >= 0.6 is 39.1 Å². The Morgan fingerprint density at radius 3 is 2.61 bits per heavy atom. The Kier molecular flexibility index (Phi) is 4.38. The quantitative estimate of drug-likeness (QED) is 0.763. The van der Waals surface area contributed by atoms with E-state index in [1.165, 1.54) is 0 Å². The number of aromatic nitrogens is 1. The van der Waals surface area contributed by atoms with E-state index in [0.29, 0.717) is 15.6 Å². The normalized spacial score (nSPS) is 10.4. The molecule has 1 aromatic heterocycles. The fourth-order valence-corrected chi connectivity index (χ4v) is 2.19. The van der Waals surface area contributed by atoms with Gasteiger partial charge < -0.3 is 0 Å². The number of ketones is 1. The largest absolute Gasteiger partial charge is 0.294 e. The Hall–Kier alpha value is -0.900. The molecule has 0 radical (unpaired) electrons. The number of hydrogen-bond acceptors (Lipinski definition) is 2. The second-order valence-corrected chi connectivity index (χ2v) is 5.47. The van der Waals surface area contributed by atoms with Gasteiger partial charge in [0.15, 0.2) is 5.78 Å². The third-order valence-corrected chi connectivity index (χ3v) is 3.55. The minimum atomic E-state index is -0.0119. The number of hydrogen-bond donors (Lipinski definition) is 0. The SMILES string of the molecule is O=C(Cc1ccc(Cl)c(Cl)c1)c1cncc(Br)c1. The van der Waals surface area contributed by atoms with Crippen LogP contribution in [0.4, 0.5) is 0 Å². The fourth-order valence-electron chi connectivity index (χ4n) is 1.50. The lowest BCUT2D eigenvalue weighted by Gasteiger charge is -2.03. The molecule has 18 heavy (non-hydrogen) atoms. The van der Waals surface area contributed by atoms with Gasteiger partial charge in [0, 0.05) is 28.9 Å². The van der Waals surface area contributed by atoms with Crippen LogP contribution in [0.25, 0.3) is 0 Å². The van der Waals surface area contributed by atoms with Gasteiger partial charge in [-0.3, -0.25) is 9.78 Å². The third-order valence-electron chi connectivity index (χ3n) is 2.38. The summed E-state index contributed by atoms with van der Waals surface area (Å²) in [4.78, 5) is 16.0. The highest BCUT2D eigenvalue weighted by atomic mass is 79.9. The minimum Gasteiger partial charge on any atom is -0.294 e. The molecule has 1 heterocycles. The van der Waals surface area contributed by atoms with Crippen molar-refractivity contribution in [1.29, 1.82) is 0 Å². The number of benzene rings is 1. The lowest BCUT2D eigenvalue weighted by Crippen LogP contribution is -2.04. The van der Waals surface area contributed by atoms with Crippen LogP contribution in [0.3, 0.4) is 0 Å². The fraction of sp³-hybridized carbons (Fsp3) is 0.0769. The van der Waals surface area contributed by atoms with Crippen molar-refractivity contribution >= 4 is 44.9 Å². The van der Waals surface area contributed by atoms with E-state index < -0.39 is 0 Å². The number of pyridine rings is 1. The van der Waals surface area contributed by atoms with Crippen molar-refractivity contribution in [2.24, 2.45) is 0 Å². The number of carbonyl (C=O) groups is 1. The van der Waals surface area contributed by atoms with Crippen molar-refractivity contribution in [2.75, 3.05) is 0 Å². The Labute approximate surface area is 123 Å². The molecule has 0 spiro atoms. The summed E-state index contributed by atoms with van der Waals surface area (Å²) in [5, 5.41) is 0.936. The van der Waals surface area contributed by atoms with Crippen molar-refractivity contribution in [1.82, 2.24) is 4.98 Å². The highest BCUT2D eigenvalue weighted by molar-refractivity contribution is 9.10. The summed E-state index contributed by atoms with van der Waals surface area (Å²) >= 11 is 15.0. The topological polar surface area (TPSA) is 30.0 Å². The summed E-state index contributed by atoms with van der Waals surface area (Å²) in [6.07, 6.45) is 3.45. The molecule has 0 atom stereocenters. The first-order chi connectivity index (χ1) is 8.56. The molecule has 5 heteroatoms. The predicted molar refractivity (Wildman–Crippen MR) is 76.4 cm³/mol. The predicted octanol–water partition coefficient (Wildman–Crippen LogP) is 4.58. The molecule has 0 fully saturated rings. The van der Waals surface area contributed by atoms with Crippen LogP contribution < -0.4 is 0 Å². The van der Waals surface area contributed by atoms with Crippen LogP contribution in [-0.4, -0.2) is 10.8 Å². The third kappa shape index (κ3) is 3.31. The van der Waals surface area contributed by atoms with E-state index in [4.69, 9.17) is 23.2 Å². The van der Waals surface area contributed by atoms with E-state index in [-0.39, 0.29) is 12.2 Å². The van der Waals surface area contributed by atoms with Crippen molar-refractivity contribution < 1.29 is 4.79 Å². The molecule has 92 valence electrons. The Balaban J connectivity index is 2.18. The van der Waals surface area contributed by atoms with Gasteiger partial charge in [0.25, 0.3) is 0 Å². The van der Waals surface area contributed by atoms with Gasteiger partial charge in [0.05, 0.1) is 10.0 Å². The summed E-state index contributed by atoms with van der Waals surface area (Å²) in [5.74, 6) is -0.0119. The Morgan fingerprint density at radius 2 is 1.94 bits per heavy atom. The van der Waals surface area contributed by atoms with Gasteiger partial charge in [-0.25, -0.2) is 0 Å². The van der Waals surface area contributed by atoms with Gasteiger partial charge in [0.2, 0.25) is 0 Å². The highest BCUT2D eigenvalue weighted by Gasteiger charge is 2.09. The molecule has 0 bridgehead atoms. The molecule has 0 unspecified atom stereocenters. The van der Waals surface area contributed by atoms with E-state index >= 15 is 0 Å². The molecular weight excluding hydrogens is 337 g/mol. The zero-order valence-corrected chi connectivity index (χ0v) is 12.3. The van der Waals surface area contributed by atoms with Crippen LogP contribution in [0.1, 0.15) is 15.9 Å². The van der Waals surface area contributed by atoms with E-state index in [9.17, 15) is 4.79 Å². The molecule has 0 N–H and O–H groups in total. The van der Waals surface area contributed by atoms with Crippen molar-refractivity contribution in [2.45, 2.75) is 6.42 Å². The molecule has 0 aliphatic rings. The maximum Gasteiger partial charge on any atom is 0.168 e. The molecule has 0 saturated heterocycles. The second-order valence-electron chi connectivity index (χ2n) is 3.74. The molecule has 0 aliphatic heterocycles. The van der Waals surface area contributed by atoms with Crippen LogP contribution in [0, 0.1) is 0 Å². The van der Waals surface area contributed by atoms with Crippen molar-refractivity contribution in [3.05, 3.63) is 62.3 Å². The number of rotatable bonds is 3. The number of nitrogens with zero attached hydrogens (tertiary/aromatic N) is 1. The Morgan fingerprint density at radius 1 is 1.17 bits per heavy atom. The summed E-state index contributed by atoms with van der Waals surface area (Å²) in [6.45, 7) is 0. The van der Waals surface area contributed by atoms with Gasteiger partial charge in [-0.05, 0) is 39.7 Å². The average Bonchev–Trinajstić information content (AvgIpc) is 2.34. The lowest BCUT2D eigenvalue weighted by molar-refractivity contribution is 0.0992. The molecule has 0 aliphatic carbocycles. The van der Waals surface area contributed by atoms with Crippen LogP contribution in [0.15, 0.2) is 41.1 Å². The number of Topliss-reactive ketones (excluding diaryl/α,β-unsaturated/α-hetero) is 1. The summed E-state index contributed by atoms with van der Waals surface area (Å²) in [5.41, 5.74) is 1.39. The Bertz CT molecular complexity index is 601. The molecule has 1 aromatic carbocycles. The summed E-state index contributed by atoms with van der Waals surface area (Å²) < 4.78 is 0.780. The smallest absolute Gasteiger partial charge is 0.168 e. The standard InChI is InChI=1S/C13H8BrCl2NO/c14-10-5-9(6-17-7-10)13(18)4-8-1-2-11(15)12(16)3-8/h1-3,5-7H,4H2. The van der Waals surface area contributed by atoms with Crippen molar-refractivity contribution in [3.8, 4) is 0 Å². The zero-order valence-electron chi connectivity index (χ0n) is 9.16. The van der Waals surface area contributed by atoms with Gasteiger partial charge in [-0.15, -0.1) is 0 Å². The first-order valence-corrected chi connectivity index (χ1v) is 6.69. The van der Waals surface area contributed by atoms with Gasteiger partial charge in [0.1, 0.15) is 0 Å². The average molecular weight is 345 g/mol. The molecular formula is C13H8BrCl2NO. The van der Waals surface area contributed by atoms with Gasteiger partial charge in [-0.2, -0.15) is 0 Å². The van der Waals surface area contributed by atoms with Crippen molar-refractivity contribution in [3.63, 3.8) is 0 Å². The maximum atomic E-state index is 12.0. The zero-order chi connectivity index (χ0) is 13.1. The van der Waals surface area contributed by atoms with Crippen LogP contribution in [0.5, 0.6) is 0 Å². The summed E-state index contributed by atoms with van der Waals surface area (Å²) in [6, 6.07) is 6.92. The lowest BCUT2D eigenvalue weighted by atomic mass is 10.0. The van der Waals surface area contributed by atoms with Crippen LogP contribution in [-0.2, 0) is 6.42 Å².